The maximum atomic E-state index is 12.6. The molecule has 2 amide bonds. The average molecular weight is 254 g/mol. The molecule has 4 heteroatoms. The maximum absolute atomic E-state index is 12.6. The number of carbonyl (C=O) groups excluding carboxylic acids is 2. The van der Waals surface area contributed by atoms with Crippen molar-refractivity contribution in [2.45, 2.75) is 71.4 Å². The van der Waals surface area contributed by atoms with Crippen molar-refractivity contribution in [3.8, 4) is 0 Å². The van der Waals surface area contributed by atoms with Crippen molar-refractivity contribution in [2.24, 2.45) is 0 Å². The van der Waals surface area contributed by atoms with Crippen molar-refractivity contribution in [3.05, 3.63) is 0 Å². The van der Waals surface area contributed by atoms with Crippen molar-refractivity contribution < 1.29 is 9.59 Å². The first kappa shape index (κ1) is 15.0. The van der Waals surface area contributed by atoms with Crippen LogP contribution in [0.4, 0.5) is 0 Å². The Balaban J connectivity index is 3.13. The van der Waals surface area contributed by atoms with Crippen molar-refractivity contribution in [1.29, 1.82) is 0 Å². The second-order valence-electron chi connectivity index (χ2n) is 5.66. The lowest BCUT2D eigenvalue weighted by atomic mass is 9.86. The number of nitrogens with one attached hydrogen (secondary N) is 1. The Hall–Kier alpha value is -1.06. The molecule has 0 saturated carbocycles. The molecule has 1 aliphatic rings. The highest BCUT2D eigenvalue weighted by Gasteiger charge is 2.43. The molecule has 0 spiro atoms. The highest BCUT2D eigenvalue weighted by atomic mass is 16.2. The molecular weight excluding hydrogens is 228 g/mol. The number of amides is 2. The molecule has 1 heterocycles. The molecule has 4 nitrogen and oxygen atoms in total. The van der Waals surface area contributed by atoms with Crippen molar-refractivity contribution in [1.82, 2.24) is 10.2 Å². The largest absolute Gasteiger partial charge is 0.342 e. The van der Waals surface area contributed by atoms with Gasteiger partial charge in [0.25, 0.3) is 0 Å². The molecule has 1 N–H and O–H groups in total. The van der Waals surface area contributed by atoms with Crippen LogP contribution in [-0.4, -0.2) is 34.3 Å². The zero-order valence-corrected chi connectivity index (χ0v) is 12.3. The van der Waals surface area contributed by atoms with Crippen LogP contribution in [0.5, 0.6) is 0 Å². The fourth-order valence-electron chi connectivity index (χ4n) is 2.89. The number of rotatable bonds is 4. The third kappa shape index (κ3) is 2.52. The lowest BCUT2D eigenvalue weighted by Crippen LogP contribution is -2.59. The Morgan fingerprint density at radius 2 is 1.67 bits per heavy atom. The molecule has 1 fully saturated rings. The molecule has 0 atom stereocenters. The van der Waals surface area contributed by atoms with E-state index in [1.165, 1.54) is 0 Å². The second-order valence-corrected chi connectivity index (χ2v) is 5.66. The highest BCUT2D eigenvalue weighted by molar-refractivity contribution is 5.93. The number of hydrogen-bond donors (Lipinski definition) is 1. The molecule has 0 unspecified atom stereocenters. The fraction of sp³-hybridized carbons (Fsp3) is 0.857. The van der Waals surface area contributed by atoms with E-state index in [2.05, 4.69) is 26.1 Å². The van der Waals surface area contributed by atoms with Crippen molar-refractivity contribution in [2.75, 3.05) is 6.54 Å². The van der Waals surface area contributed by atoms with Gasteiger partial charge in [0.2, 0.25) is 11.8 Å². The predicted octanol–water partition coefficient (Wildman–Crippen LogP) is 2.08. The maximum Gasteiger partial charge on any atom is 0.248 e. The number of hydrogen-bond acceptors (Lipinski definition) is 2. The first-order valence-corrected chi connectivity index (χ1v) is 6.96. The lowest BCUT2D eigenvalue weighted by Gasteiger charge is -2.44. The van der Waals surface area contributed by atoms with Gasteiger partial charge in [0, 0.05) is 18.5 Å². The van der Waals surface area contributed by atoms with Gasteiger partial charge >= 0.3 is 0 Å². The van der Waals surface area contributed by atoms with Crippen LogP contribution in [0.15, 0.2) is 0 Å². The van der Waals surface area contributed by atoms with Crippen LogP contribution >= 0.6 is 0 Å². The monoisotopic (exact) mass is 254 g/mol. The topological polar surface area (TPSA) is 49.4 Å². The summed E-state index contributed by atoms with van der Waals surface area (Å²) >= 11 is 0. The lowest BCUT2D eigenvalue weighted by molar-refractivity contribution is -0.143. The molecule has 0 aromatic rings. The average Bonchev–Trinajstić information content (AvgIpc) is 2.42. The molecule has 104 valence electrons. The highest BCUT2D eigenvalue weighted by Crippen LogP contribution is 2.31. The van der Waals surface area contributed by atoms with E-state index in [1.807, 2.05) is 4.90 Å². The third-order valence-electron chi connectivity index (χ3n) is 4.34. The zero-order chi connectivity index (χ0) is 14.0. The Bertz CT molecular complexity index is 324. The summed E-state index contributed by atoms with van der Waals surface area (Å²) in [7, 11) is 0. The van der Waals surface area contributed by atoms with E-state index in [-0.39, 0.29) is 17.4 Å². The molecule has 1 saturated heterocycles. The first-order chi connectivity index (χ1) is 8.33. The van der Waals surface area contributed by atoms with E-state index >= 15 is 0 Å². The van der Waals surface area contributed by atoms with E-state index in [0.717, 1.165) is 19.3 Å². The van der Waals surface area contributed by atoms with E-state index < -0.39 is 5.54 Å². The summed E-state index contributed by atoms with van der Waals surface area (Å²) in [5, 5.41) is 2.81. The predicted molar refractivity (Wildman–Crippen MR) is 72.2 cm³/mol. The van der Waals surface area contributed by atoms with Gasteiger partial charge in [0.05, 0.1) is 0 Å². The number of nitrogens with zero attached hydrogens (tertiary/aromatic N) is 1. The van der Waals surface area contributed by atoms with Crippen LogP contribution in [0, 0.1) is 0 Å². The Labute approximate surface area is 110 Å². The normalized spacial score (nSPS) is 20.6. The van der Waals surface area contributed by atoms with Gasteiger partial charge in [-0.25, -0.2) is 0 Å². The number of carbonyl (C=O) groups is 2. The van der Waals surface area contributed by atoms with Crippen LogP contribution in [0.1, 0.15) is 60.3 Å². The Morgan fingerprint density at radius 3 is 2.11 bits per heavy atom. The molecule has 0 aliphatic carbocycles. The molecule has 0 radical (unpaired) electrons. The zero-order valence-electron chi connectivity index (χ0n) is 12.3. The Morgan fingerprint density at radius 1 is 1.17 bits per heavy atom. The molecular formula is C14H26N2O2. The van der Waals surface area contributed by atoms with E-state index in [0.29, 0.717) is 13.0 Å². The summed E-state index contributed by atoms with van der Waals surface area (Å²) in [6.45, 7) is 10.5. The second kappa shape index (κ2) is 5.29. The van der Waals surface area contributed by atoms with E-state index in [9.17, 15) is 9.59 Å². The van der Waals surface area contributed by atoms with Gasteiger partial charge in [-0.3, -0.25) is 9.59 Å². The summed E-state index contributed by atoms with van der Waals surface area (Å²) in [4.78, 5) is 26.3. The van der Waals surface area contributed by atoms with Crippen LogP contribution < -0.4 is 5.32 Å². The molecule has 0 bridgehead atoms. The van der Waals surface area contributed by atoms with E-state index in [4.69, 9.17) is 0 Å². The summed E-state index contributed by atoms with van der Waals surface area (Å²) in [5.41, 5.74) is -0.904. The minimum atomic E-state index is -0.793. The first-order valence-electron chi connectivity index (χ1n) is 6.96. The molecule has 1 aliphatic heterocycles. The SMILES string of the molecule is CCC(CC)(CC)N1CCC(=O)NC(C)(C)C1=O. The quantitative estimate of drug-likeness (QED) is 0.835. The van der Waals surface area contributed by atoms with Gasteiger partial charge in [-0.2, -0.15) is 0 Å². The van der Waals surface area contributed by atoms with Gasteiger partial charge < -0.3 is 10.2 Å². The van der Waals surface area contributed by atoms with Crippen molar-refractivity contribution >= 4 is 11.8 Å². The molecule has 0 aromatic carbocycles. The molecule has 1 rings (SSSR count). The van der Waals surface area contributed by atoms with Crippen LogP contribution in [0.25, 0.3) is 0 Å². The third-order valence-corrected chi connectivity index (χ3v) is 4.34. The van der Waals surface area contributed by atoms with Crippen LogP contribution in [-0.2, 0) is 9.59 Å². The standard InChI is InChI=1S/C14H26N2O2/c1-6-14(7-2,8-3)16-10-9-11(17)15-13(4,5)12(16)18/h6-10H2,1-5H3,(H,15,17). The minimum absolute atomic E-state index is 0.0342. The smallest absolute Gasteiger partial charge is 0.248 e. The van der Waals surface area contributed by atoms with Gasteiger partial charge in [0.15, 0.2) is 0 Å². The van der Waals surface area contributed by atoms with Crippen LogP contribution in [0.2, 0.25) is 0 Å². The van der Waals surface area contributed by atoms with Crippen molar-refractivity contribution in [3.63, 3.8) is 0 Å². The van der Waals surface area contributed by atoms with Gasteiger partial charge in [0.1, 0.15) is 5.54 Å². The summed E-state index contributed by atoms with van der Waals surface area (Å²) in [6, 6.07) is 0. The van der Waals surface area contributed by atoms with E-state index in [1.54, 1.807) is 13.8 Å². The summed E-state index contributed by atoms with van der Waals surface area (Å²) in [5.74, 6) is 0.00644. The summed E-state index contributed by atoms with van der Waals surface area (Å²) in [6.07, 6.45) is 3.18. The Kier molecular flexibility index (Phi) is 4.41. The van der Waals surface area contributed by atoms with Gasteiger partial charge in [-0.15, -0.1) is 0 Å². The van der Waals surface area contributed by atoms with Gasteiger partial charge in [-0.1, -0.05) is 20.8 Å². The minimum Gasteiger partial charge on any atom is -0.342 e. The summed E-state index contributed by atoms with van der Waals surface area (Å²) < 4.78 is 0. The van der Waals surface area contributed by atoms with Crippen LogP contribution in [0.3, 0.4) is 0 Å². The fourth-order valence-corrected chi connectivity index (χ4v) is 2.89. The molecule has 18 heavy (non-hydrogen) atoms. The van der Waals surface area contributed by atoms with Gasteiger partial charge in [-0.05, 0) is 33.1 Å². The molecule has 0 aromatic heterocycles.